The molecule has 1 heterocycles. The van der Waals surface area contributed by atoms with E-state index in [1.165, 1.54) is 17.3 Å². The average molecular weight is 558 g/mol. The van der Waals surface area contributed by atoms with Gasteiger partial charge >= 0.3 is 0 Å². The van der Waals surface area contributed by atoms with Gasteiger partial charge in [-0.25, -0.2) is 4.99 Å². The topological polar surface area (TPSA) is 50.7 Å². The quantitative estimate of drug-likeness (QED) is 0.344. The molecule has 1 N–H and O–H groups in total. The molecule has 0 saturated carbocycles. The van der Waals surface area contributed by atoms with Crippen molar-refractivity contribution in [3.05, 3.63) is 97.3 Å². The number of aryl methyl sites for hydroxylation is 1. The van der Waals surface area contributed by atoms with Crippen LogP contribution >= 0.6 is 43.6 Å². The zero-order chi connectivity index (χ0) is 21.8. The predicted octanol–water partition coefficient (Wildman–Crippen LogP) is 6.99. The summed E-state index contributed by atoms with van der Waals surface area (Å²) in [6.45, 7) is 2.49. The molecule has 1 aliphatic heterocycles. The van der Waals surface area contributed by atoms with Crippen LogP contribution in [0.15, 0.2) is 85.6 Å². The number of rotatable bonds is 5. The van der Waals surface area contributed by atoms with E-state index in [0.717, 1.165) is 31.5 Å². The molecule has 1 amide bonds. The van der Waals surface area contributed by atoms with E-state index in [2.05, 4.69) is 42.2 Å². The molecule has 0 aliphatic carbocycles. The van der Waals surface area contributed by atoms with Crippen LogP contribution in [-0.2, 0) is 11.4 Å². The third-order valence-electron chi connectivity index (χ3n) is 4.46. The zero-order valence-corrected chi connectivity index (χ0v) is 20.6. The molecule has 0 spiro atoms. The average Bonchev–Trinajstić information content (AvgIpc) is 3.08. The molecule has 0 bridgehead atoms. The summed E-state index contributed by atoms with van der Waals surface area (Å²) < 4.78 is 7.59. The second kappa shape index (κ2) is 9.85. The second-order valence-corrected chi connectivity index (χ2v) is 9.64. The van der Waals surface area contributed by atoms with Gasteiger partial charge in [0.2, 0.25) is 0 Å². The predicted molar refractivity (Wildman–Crippen MR) is 135 cm³/mol. The first-order chi connectivity index (χ1) is 15.0. The number of nitrogens with one attached hydrogen (secondary N) is 1. The second-order valence-electron chi connectivity index (χ2n) is 6.91. The monoisotopic (exact) mass is 556 g/mol. The highest BCUT2D eigenvalue weighted by Crippen LogP contribution is 2.37. The van der Waals surface area contributed by atoms with Crippen molar-refractivity contribution in [2.45, 2.75) is 13.5 Å². The van der Waals surface area contributed by atoms with Crippen LogP contribution in [0.3, 0.4) is 0 Å². The Balaban J connectivity index is 1.50. The van der Waals surface area contributed by atoms with Crippen molar-refractivity contribution >= 4 is 66.5 Å². The number of hydrogen-bond acceptors (Lipinski definition) is 4. The molecule has 0 unspecified atom stereocenters. The van der Waals surface area contributed by atoms with Crippen LogP contribution in [-0.4, -0.2) is 11.1 Å². The van der Waals surface area contributed by atoms with Crippen LogP contribution in [0, 0.1) is 6.92 Å². The van der Waals surface area contributed by atoms with E-state index in [-0.39, 0.29) is 5.91 Å². The summed E-state index contributed by atoms with van der Waals surface area (Å²) >= 11 is 8.49. The van der Waals surface area contributed by atoms with Crippen LogP contribution in [0.5, 0.6) is 5.75 Å². The number of halogens is 2. The van der Waals surface area contributed by atoms with Gasteiger partial charge in [0.05, 0.1) is 19.5 Å². The molecule has 1 fully saturated rings. The van der Waals surface area contributed by atoms with Crippen molar-refractivity contribution in [2.75, 3.05) is 0 Å². The molecular weight excluding hydrogens is 540 g/mol. The number of ether oxygens (including phenoxy) is 1. The lowest BCUT2D eigenvalue weighted by molar-refractivity contribution is -0.115. The van der Waals surface area contributed by atoms with Gasteiger partial charge in [-0.05, 0) is 92.0 Å². The Morgan fingerprint density at radius 2 is 1.71 bits per heavy atom. The first-order valence-corrected chi connectivity index (χ1v) is 11.9. The molecule has 7 heteroatoms. The number of nitrogens with zero attached hydrogens (tertiary/aromatic N) is 1. The third kappa shape index (κ3) is 5.67. The minimum absolute atomic E-state index is 0.160. The number of carbonyl (C=O) groups is 1. The van der Waals surface area contributed by atoms with E-state index in [4.69, 9.17) is 4.74 Å². The summed E-state index contributed by atoms with van der Waals surface area (Å²) in [5, 5.41) is 3.39. The van der Waals surface area contributed by atoms with E-state index in [1.54, 1.807) is 0 Å². The number of benzene rings is 3. The summed E-state index contributed by atoms with van der Waals surface area (Å²) in [5.74, 6) is 0.559. The van der Waals surface area contributed by atoms with Gasteiger partial charge in [0.25, 0.3) is 5.91 Å². The van der Waals surface area contributed by atoms with E-state index < -0.39 is 0 Å². The van der Waals surface area contributed by atoms with Crippen molar-refractivity contribution in [2.24, 2.45) is 4.99 Å². The number of amides is 1. The Bertz CT molecular complexity index is 1150. The van der Waals surface area contributed by atoms with Crippen LogP contribution in [0.4, 0.5) is 5.69 Å². The lowest BCUT2D eigenvalue weighted by atomic mass is 10.2. The fourth-order valence-electron chi connectivity index (χ4n) is 2.90. The number of aliphatic imine (C=N–C) groups is 1. The van der Waals surface area contributed by atoms with E-state index >= 15 is 0 Å². The van der Waals surface area contributed by atoms with E-state index in [9.17, 15) is 4.79 Å². The van der Waals surface area contributed by atoms with Crippen LogP contribution < -0.4 is 10.1 Å². The maximum atomic E-state index is 12.4. The van der Waals surface area contributed by atoms with Crippen molar-refractivity contribution in [3.63, 3.8) is 0 Å². The molecule has 4 nitrogen and oxygen atoms in total. The number of amidine groups is 1. The van der Waals surface area contributed by atoms with Gasteiger partial charge in [-0.15, -0.1) is 0 Å². The van der Waals surface area contributed by atoms with Gasteiger partial charge in [0.1, 0.15) is 12.4 Å². The van der Waals surface area contributed by atoms with Gasteiger partial charge in [-0.1, -0.05) is 48.0 Å². The molecule has 156 valence electrons. The summed E-state index contributed by atoms with van der Waals surface area (Å²) in [4.78, 5) is 17.5. The van der Waals surface area contributed by atoms with Crippen molar-refractivity contribution in [3.8, 4) is 5.75 Å². The van der Waals surface area contributed by atoms with Gasteiger partial charge in [0, 0.05) is 0 Å². The summed E-state index contributed by atoms with van der Waals surface area (Å²) in [6, 6.07) is 21.7. The number of hydrogen-bond donors (Lipinski definition) is 1. The summed E-state index contributed by atoms with van der Waals surface area (Å²) in [6.07, 6.45) is 1.84. The van der Waals surface area contributed by atoms with E-state index in [1.807, 2.05) is 79.7 Å². The molecule has 3 aromatic carbocycles. The largest absolute Gasteiger partial charge is 0.487 e. The number of thioether (sulfide) groups is 1. The van der Waals surface area contributed by atoms with Crippen LogP contribution in [0.1, 0.15) is 16.7 Å². The molecule has 3 aromatic rings. The van der Waals surface area contributed by atoms with Crippen molar-refractivity contribution < 1.29 is 9.53 Å². The van der Waals surface area contributed by atoms with Gasteiger partial charge < -0.3 is 10.1 Å². The maximum absolute atomic E-state index is 12.4. The summed E-state index contributed by atoms with van der Waals surface area (Å²) in [7, 11) is 0. The maximum Gasteiger partial charge on any atom is 0.264 e. The van der Waals surface area contributed by atoms with Crippen molar-refractivity contribution in [1.82, 2.24) is 5.32 Å². The smallest absolute Gasteiger partial charge is 0.264 e. The molecule has 31 heavy (non-hydrogen) atoms. The Labute approximate surface area is 202 Å². The normalized spacial score (nSPS) is 16.0. The fraction of sp³-hybridized carbons (Fsp3) is 0.0833. The minimum Gasteiger partial charge on any atom is -0.487 e. The summed E-state index contributed by atoms with van der Waals surface area (Å²) in [5.41, 5.74) is 3.94. The molecule has 1 aliphatic rings. The first-order valence-electron chi connectivity index (χ1n) is 9.50. The molecule has 1 saturated heterocycles. The van der Waals surface area contributed by atoms with Crippen LogP contribution in [0.25, 0.3) is 6.08 Å². The number of carbonyl (C=O) groups excluding carboxylic acids is 1. The van der Waals surface area contributed by atoms with Gasteiger partial charge in [-0.2, -0.15) is 0 Å². The molecule has 0 aromatic heterocycles. The minimum atomic E-state index is -0.160. The van der Waals surface area contributed by atoms with Crippen LogP contribution in [0.2, 0.25) is 0 Å². The fourth-order valence-corrected chi connectivity index (χ4v) is 5.19. The Morgan fingerprint density at radius 1 is 1.03 bits per heavy atom. The van der Waals surface area contributed by atoms with Crippen molar-refractivity contribution in [1.29, 1.82) is 0 Å². The molecule has 0 radical (unpaired) electrons. The highest BCUT2D eigenvalue weighted by atomic mass is 79.9. The van der Waals surface area contributed by atoms with E-state index in [0.29, 0.717) is 16.7 Å². The molecule has 0 atom stereocenters. The lowest BCUT2D eigenvalue weighted by Crippen LogP contribution is -2.19. The lowest BCUT2D eigenvalue weighted by Gasteiger charge is -2.11. The highest BCUT2D eigenvalue weighted by molar-refractivity contribution is 9.11. The molecular formula is C24H18Br2N2O2S. The van der Waals surface area contributed by atoms with Gasteiger partial charge in [-0.3, -0.25) is 4.79 Å². The third-order valence-corrected chi connectivity index (χ3v) is 6.55. The standard InChI is InChI=1S/C24H18Br2N2O2S/c1-15-7-9-18(10-8-15)27-24-28-23(29)21(31-24)13-17-11-19(25)22(20(26)12-17)30-14-16-5-3-2-4-6-16/h2-13H,14H2,1H3,(H,27,28,29)/b21-13-. The Hall–Kier alpha value is -2.35. The Kier molecular flexibility index (Phi) is 6.95. The zero-order valence-electron chi connectivity index (χ0n) is 16.6. The first kappa shape index (κ1) is 21.9. The SMILES string of the molecule is Cc1ccc(N=C2NC(=O)/C(=C/c3cc(Br)c(OCc4ccccc4)c(Br)c3)S2)cc1. The molecule has 4 rings (SSSR count). The highest BCUT2D eigenvalue weighted by Gasteiger charge is 2.24. The Morgan fingerprint density at radius 3 is 2.39 bits per heavy atom. The van der Waals surface area contributed by atoms with Gasteiger partial charge in [0.15, 0.2) is 5.17 Å².